The van der Waals surface area contributed by atoms with Crippen molar-refractivity contribution in [3.8, 4) is 11.8 Å². The number of thiazole rings is 1. The molecular weight excluding hydrogens is 392 g/mol. The van der Waals surface area contributed by atoms with Crippen LogP contribution in [0.25, 0.3) is 27.6 Å². The summed E-state index contributed by atoms with van der Waals surface area (Å²) in [6.07, 6.45) is 3.61. The number of allylic oxidation sites excluding steroid dienone is 1. The van der Waals surface area contributed by atoms with Gasteiger partial charge in [-0.15, -0.1) is 11.3 Å². The lowest BCUT2D eigenvalue weighted by Crippen LogP contribution is -2.12. The highest BCUT2D eigenvalue weighted by Gasteiger charge is 2.11. The molecule has 0 unspecified atom stereocenters. The molecule has 2 aromatic carbocycles. The average Bonchev–Trinajstić information content (AvgIpc) is 3.32. The van der Waals surface area contributed by atoms with Gasteiger partial charge in [0.1, 0.15) is 11.1 Å². The molecule has 0 spiro atoms. The van der Waals surface area contributed by atoms with Crippen LogP contribution in [0.5, 0.6) is 0 Å². The van der Waals surface area contributed by atoms with Gasteiger partial charge in [0.15, 0.2) is 0 Å². The van der Waals surface area contributed by atoms with Crippen molar-refractivity contribution in [3.63, 3.8) is 0 Å². The molecule has 0 bridgehead atoms. The van der Waals surface area contributed by atoms with E-state index in [0.717, 1.165) is 21.6 Å². The van der Waals surface area contributed by atoms with E-state index in [2.05, 4.69) is 11.1 Å². The third-order valence-electron chi connectivity index (χ3n) is 4.16. The first kappa shape index (κ1) is 18.1. The summed E-state index contributed by atoms with van der Waals surface area (Å²) in [5.41, 5.74) is 2.85. The molecule has 2 N–H and O–H groups in total. The second-order valence-corrected chi connectivity index (χ2v) is 8.59. The molecule has 6 nitrogen and oxygen atoms in total. The molecule has 28 heavy (non-hydrogen) atoms. The van der Waals surface area contributed by atoms with E-state index >= 15 is 0 Å². The van der Waals surface area contributed by atoms with Crippen LogP contribution in [0, 0.1) is 11.3 Å². The molecule has 0 atom stereocenters. The number of hydrogen-bond donors (Lipinski definition) is 1. The molecule has 4 rings (SSSR count). The van der Waals surface area contributed by atoms with Crippen molar-refractivity contribution >= 4 is 43.2 Å². The van der Waals surface area contributed by atoms with Gasteiger partial charge in [0, 0.05) is 17.6 Å². The lowest BCUT2D eigenvalue weighted by Gasteiger charge is -2.08. The minimum Gasteiger partial charge on any atom is -0.317 e. The Morgan fingerprint density at radius 3 is 2.54 bits per heavy atom. The van der Waals surface area contributed by atoms with Crippen LogP contribution in [-0.4, -0.2) is 18.0 Å². The number of nitrogens with zero attached hydrogens (tertiary/aromatic N) is 3. The van der Waals surface area contributed by atoms with Crippen LogP contribution in [0.1, 0.15) is 10.7 Å². The standard InChI is InChI=1S/C20H14N4O2S2/c21-13-14(20-23-18-5-1-2-6-19(18)27-20)12-16-4-3-11-24(16)15-7-9-17(10-8-15)28(22,25)26/h1-12H,(H2,22,25,26)/b14-12-. The van der Waals surface area contributed by atoms with Crippen LogP contribution in [-0.2, 0) is 10.0 Å². The van der Waals surface area contributed by atoms with E-state index in [-0.39, 0.29) is 4.90 Å². The molecule has 4 aromatic rings. The highest BCUT2D eigenvalue weighted by molar-refractivity contribution is 7.89. The highest BCUT2D eigenvalue weighted by Crippen LogP contribution is 2.28. The van der Waals surface area contributed by atoms with Crippen molar-refractivity contribution in [1.82, 2.24) is 9.55 Å². The maximum atomic E-state index is 11.4. The van der Waals surface area contributed by atoms with Gasteiger partial charge in [0.25, 0.3) is 0 Å². The summed E-state index contributed by atoms with van der Waals surface area (Å²) in [4.78, 5) is 4.59. The van der Waals surface area contributed by atoms with Gasteiger partial charge in [-0.3, -0.25) is 0 Å². The Morgan fingerprint density at radius 1 is 1.11 bits per heavy atom. The summed E-state index contributed by atoms with van der Waals surface area (Å²) in [5.74, 6) is 0. The van der Waals surface area contributed by atoms with Gasteiger partial charge in [-0.05, 0) is 54.6 Å². The first-order chi connectivity index (χ1) is 13.5. The number of rotatable bonds is 4. The van der Waals surface area contributed by atoms with E-state index < -0.39 is 10.0 Å². The maximum absolute atomic E-state index is 11.4. The molecule has 0 aliphatic rings. The molecule has 0 saturated heterocycles. The predicted molar refractivity (Wildman–Crippen MR) is 110 cm³/mol. The van der Waals surface area contributed by atoms with Crippen molar-refractivity contribution < 1.29 is 8.42 Å². The van der Waals surface area contributed by atoms with E-state index in [1.54, 1.807) is 18.2 Å². The van der Waals surface area contributed by atoms with Gasteiger partial charge >= 0.3 is 0 Å². The van der Waals surface area contributed by atoms with E-state index in [1.165, 1.54) is 23.5 Å². The summed E-state index contributed by atoms with van der Waals surface area (Å²) in [7, 11) is -3.74. The normalized spacial score (nSPS) is 12.2. The summed E-state index contributed by atoms with van der Waals surface area (Å²) >= 11 is 1.47. The molecule has 0 saturated carbocycles. The van der Waals surface area contributed by atoms with E-state index in [4.69, 9.17) is 5.14 Å². The lowest BCUT2D eigenvalue weighted by atomic mass is 10.2. The minimum absolute atomic E-state index is 0.0488. The lowest BCUT2D eigenvalue weighted by molar-refractivity contribution is 0.598. The number of fused-ring (bicyclic) bond motifs is 1. The quantitative estimate of drug-likeness (QED) is 0.521. The fourth-order valence-electron chi connectivity index (χ4n) is 2.82. The number of hydrogen-bond acceptors (Lipinski definition) is 5. The Morgan fingerprint density at radius 2 is 1.86 bits per heavy atom. The molecule has 0 aliphatic heterocycles. The monoisotopic (exact) mass is 406 g/mol. The number of benzene rings is 2. The zero-order chi connectivity index (χ0) is 19.7. The summed E-state index contributed by atoms with van der Waals surface area (Å²) in [5, 5.41) is 15.5. The Hall–Kier alpha value is -3.25. The summed E-state index contributed by atoms with van der Waals surface area (Å²) in [6.45, 7) is 0. The van der Waals surface area contributed by atoms with E-state index in [9.17, 15) is 13.7 Å². The van der Waals surface area contributed by atoms with Crippen LogP contribution in [0.15, 0.2) is 71.8 Å². The SMILES string of the molecule is N#C/C(=C/c1cccn1-c1ccc(S(N)(=O)=O)cc1)c1nc2ccccc2s1. The van der Waals surface area contributed by atoms with E-state index in [0.29, 0.717) is 10.6 Å². The smallest absolute Gasteiger partial charge is 0.238 e. The third kappa shape index (κ3) is 3.46. The predicted octanol–water partition coefficient (Wildman–Crippen LogP) is 3.80. The van der Waals surface area contributed by atoms with Gasteiger partial charge in [0.05, 0.1) is 20.7 Å². The van der Waals surface area contributed by atoms with Crippen LogP contribution in [0.4, 0.5) is 0 Å². The maximum Gasteiger partial charge on any atom is 0.238 e. The fourth-order valence-corrected chi connectivity index (χ4v) is 4.27. The van der Waals surface area contributed by atoms with Crippen molar-refractivity contribution in [1.29, 1.82) is 5.26 Å². The van der Waals surface area contributed by atoms with Crippen LogP contribution in [0.3, 0.4) is 0 Å². The number of para-hydroxylation sites is 1. The van der Waals surface area contributed by atoms with Gasteiger partial charge in [-0.1, -0.05) is 12.1 Å². The topological polar surface area (TPSA) is 102 Å². The summed E-state index contributed by atoms with van der Waals surface area (Å²) < 4.78 is 25.7. The molecule has 0 radical (unpaired) electrons. The molecular formula is C20H14N4O2S2. The fraction of sp³-hybridized carbons (Fsp3) is 0. The Labute approximate surface area is 165 Å². The molecule has 0 fully saturated rings. The zero-order valence-corrected chi connectivity index (χ0v) is 16.1. The minimum atomic E-state index is -3.74. The van der Waals surface area contributed by atoms with E-state index in [1.807, 2.05) is 47.2 Å². The average molecular weight is 406 g/mol. The number of aromatic nitrogens is 2. The van der Waals surface area contributed by atoms with Gasteiger partial charge < -0.3 is 4.57 Å². The number of nitriles is 1. The Balaban J connectivity index is 1.74. The summed E-state index contributed by atoms with van der Waals surface area (Å²) in [6, 6.07) is 19.9. The van der Waals surface area contributed by atoms with Crippen molar-refractivity contribution in [2.75, 3.05) is 0 Å². The molecule has 2 aromatic heterocycles. The highest BCUT2D eigenvalue weighted by atomic mass is 32.2. The number of primary sulfonamides is 1. The van der Waals surface area contributed by atoms with Gasteiger partial charge in [-0.25, -0.2) is 18.5 Å². The number of nitrogens with two attached hydrogens (primary N) is 1. The zero-order valence-electron chi connectivity index (χ0n) is 14.5. The molecule has 0 amide bonds. The Bertz CT molecular complexity index is 1310. The molecule has 0 aliphatic carbocycles. The molecule has 138 valence electrons. The van der Waals surface area contributed by atoms with Crippen LogP contribution >= 0.6 is 11.3 Å². The largest absolute Gasteiger partial charge is 0.317 e. The number of sulfonamides is 1. The molecule has 2 heterocycles. The van der Waals surface area contributed by atoms with Crippen LogP contribution < -0.4 is 5.14 Å². The Kier molecular flexibility index (Phi) is 4.57. The second kappa shape index (κ2) is 7.05. The van der Waals surface area contributed by atoms with Crippen molar-refractivity contribution in [3.05, 3.63) is 77.6 Å². The molecule has 8 heteroatoms. The van der Waals surface area contributed by atoms with Gasteiger partial charge in [0.2, 0.25) is 10.0 Å². The third-order valence-corrected chi connectivity index (χ3v) is 6.16. The second-order valence-electron chi connectivity index (χ2n) is 6.00. The van der Waals surface area contributed by atoms with Crippen molar-refractivity contribution in [2.24, 2.45) is 5.14 Å². The first-order valence-electron chi connectivity index (χ1n) is 8.24. The van der Waals surface area contributed by atoms with Gasteiger partial charge in [-0.2, -0.15) is 5.26 Å². The van der Waals surface area contributed by atoms with Crippen LogP contribution in [0.2, 0.25) is 0 Å². The van der Waals surface area contributed by atoms with Crippen molar-refractivity contribution in [2.45, 2.75) is 4.90 Å². The first-order valence-corrected chi connectivity index (χ1v) is 10.6.